The van der Waals surface area contributed by atoms with Crippen LogP contribution in [0.5, 0.6) is 23.0 Å². The molecule has 0 saturated heterocycles. The number of methoxy groups -OCH3 is 2. The van der Waals surface area contributed by atoms with E-state index in [1.807, 2.05) is 0 Å². The summed E-state index contributed by atoms with van der Waals surface area (Å²) in [6.45, 7) is 18.7. The van der Waals surface area contributed by atoms with E-state index in [9.17, 15) is 0 Å². The molecular formula is C49H52O3P2. The summed E-state index contributed by atoms with van der Waals surface area (Å²) in [4.78, 5) is 0. The van der Waals surface area contributed by atoms with Crippen molar-refractivity contribution in [2.75, 3.05) is 14.2 Å². The highest BCUT2D eigenvalue weighted by molar-refractivity contribution is 7.80. The molecule has 1 heterocycles. The number of fused-ring (bicyclic) bond motifs is 2. The van der Waals surface area contributed by atoms with Crippen LogP contribution in [0.15, 0.2) is 133 Å². The van der Waals surface area contributed by atoms with Crippen molar-refractivity contribution in [1.29, 1.82) is 0 Å². The monoisotopic (exact) mass is 750 g/mol. The second-order valence-electron chi connectivity index (χ2n) is 16.7. The Morgan fingerprint density at radius 2 is 0.796 bits per heavy atom. The van der Waals surface area contributed by atoms with E-state index in [0.29, 0.717) is 0 Å². The summed E-state index contributed by atoms with van der Waals surface area (Å²) in [6, 6.07) is 48.9. The molecule has 1 aliphatic rings. The fraction of sp³-hybridized carbons (Fsp3) is 0.265. The molecule has 0 aliphatic carbocycles. The molecule has 0 bridgehead atoms. The quantitative estimate of drug-likeness (QED) is 0.145. The number of benzene rings is 6. The van der Waals surface area contributed by atoms with Gasteiger partial charge in [0.2, 0.25) is 0 Å². The van der Waals surface area contributed by atoms with Gasteiger partial charge < -0.3 is 14.2 Å². The number of hydrogen-bond donors (Lipinski definition) is 0. The van der Waals surface area contributed by atoms with Gasteiger partial charge in [-0.1, -0.05) is 152 Å². The molecule has 276 valence electrons. The van der Waals surface area contributed by atoms with Crippen LogP contribution in [0, 0.1) is 0 Å². The maximum Gasteiger partial charge on any atom is 0.139 e. The molecular weight excluding hydrogens is 698 g/mol. The Bertz CT molecular complexity index is 2090. The van der Waals surface area contributed by atoms with Crippen molar-refractivity contribution in [2.45, 2.75) is 71.6 Å². The van der Waals surface area contributed by atoms with Gasteiger partial charge in [0.05, 0.1) is 14.2 Å². The maximum atomic E-state index is 7.63. The molecule has 0 amide bonds. The molecule has 3 nitrogen and oxygen atoms in total. The number of ether oxygens (including phenoxy) is 3. The summed E-state index contributed by atoms with van der Waals surface area (Å²) in [5, 5.41) is 7.55. The van der Waals surface area contributed by atoms with Crippen molar-refractivity contribution >= 4 is 47.7 Å². The zero-order valence-electron chi connectivity index (χ0n) is 33.3. The number of hydrogen-bond acceptors (Lipinski definition) is 3. The van der Waals surface area contributed by atoms with E-state index in [1.54, 1.807) is 14.2 Å². The third kappa shape index (κ3) is 7.22. The molecule has 0 spiro atoms. The second-order valence-corrected chi connectivity index (χ2v) is 21.1. The maximum absolute atomic E-state index is 7.63. The minimum absolute atomic E-state index is 0.0772. The van der Waals surface area contributed by atoms with Crippen LogP contribution < -0.4 is 46.0 Å². The largest absolute Gasteiger partial charge is 0.497 e. The molecule has 2 atom stereocenters. The predicted octanol–water partition coefficient (Wildman–Crippen LogP) is 10.2. The van der Waals surface area contributed by atoms with Gasteiger partial charge in [-0.2, -0.15) is 0 Å². The molecule has 0 unspecified atom stereocenters. The first-order valence-corrected chi connectivity index (χ1v) is 21.4. The predicted molar refractivity (Wildman–Crippen MR) is 233 cm³/mol. The first kappa shape index (κ1) is 37.9. The molecule has 1 aliphatic heterocycles. The summed E-state index contributed by atoms with van der Waals surface area (Å²) >= 11 is 0. The van der Waals surface area contributed by atoms with E-state index in [4.69, 9.17) is 14.2 Å². The molecule has 0 saturated carbocycles. The van der Waals surface area contributed by atoms with Crippen molar-refractivity contribution in [2.24, 2.45) is 0 Å². The Morgan fingerprint density at radius 3 is 1.11 bits per heavy atom. The smallest absolute Gasteiger partial charge is 0.139 e. The highest BCUT2D eigenvalue weighted by Gasteiger charge is 2.41. The van der Waals surface area contributed by atoms with E-state index in [0.717, 1.165) is 23.0 Å². The minimum Gasteiger partial charge on any atom is -0.497 e. The van der Waals surface area contributed by atoms with Crippen molar-refractivity contribution in [1.82, 2.24) is 0 Å². The van der Waals surface area contributed by atoms with Crippen molar-refractivity contribution in [3.63, 3.8) is 0 Å². The van der Waals surface area contributed by atoms with Crippen LogP contribution in [-0.2, 0) is 16.2 Å². The van der Waals surface area contributed by atoms with E-state index >= 15 is 0 Å². The third-order valence-corrected chi connectivity index (χ3v) is 15.5. The molecule has 0 N–H and O–H groups in total. The summed E-state index contributed by atoms with van der Waals surface area (Å²) in [5.74, 6) is 3.67. The summed E-state index contributed by atoms with van der Waals surface area (Å²) in [7, 11) is 1.44. The van der Waals surface area contributed by atoms with E-state index in [1.165, 1.54) is 54.1 Å². The molecule has 0 fully saturated rings. The number of rotatable bonds is 8. The fourth-order valence-electron chi connectivity index (χ4n) is 7.29. The van der Waals surface area contributed by atoms with Gasteiger partial charge in [0.25, 0.3) is 0 Å². The van der Waals surface area contributed by atoms with E-state index in [2.05, 4.69) is 189 Å². The van der Waals surface area contributed by atoms with Crippen LogP contribution >= 0.6 is 15.8 Å². The van der Waals surface area contributed by atoms with Gasteiger partial charge >= 0.3 is 0 Å². The fourth-order valence-corrected chi connectivity index (χ4v) is 12.1. The van der Waals surface area contributed by atoms with Crippen molar-refractivity contribution in [3.8, 4) is 23.0 Å². The van der Waals surface area contributed by atoms with Crippen LogP contribution in [-0.4, -0.2) is 14.2 Å². The highest BCUT2D eigenvalue weighted by Crippen LogP contribution is 2.54. The Kier molecular flexibility index (Phi) is 10.3. The van der Waals surface area contributed by atoms with Crippen LogP contribution in [0.2, 0.25) is 0 Å². The van der Waals surface area contributed by atoms with Gasteiger partial charge in [0.15, 0.2) is 0 Å². The first-order valence-electron chi connectivity index (χ1n) is 18.7. The Hall–Kier alpha value is -4.42. The lowest BCUT2D eigenvalue weighted by atomic mass is 9.72. The average molecular weight is 751 g/mol. The van der Waals surface area contributed by atoms with Gasteiger partial charge in [-0.3, -0.25) is 0 Å². The Balaban J connectivity index is 1.55. The Labute approximate surface area is 325 Å². The molecule has 7 rings (SSSR count). The summed E-state index contributed by atoms with van der Waals surface area (Å²) in [6.07, 6.45) is 0. The lowest BCUT2D eigenvalue weighted by Crippen LogP contribution is -2.35. The van der Waals surface area contributed by atoms with Crippen molar-refractivity contribution < 1.29 is 14.2 Å². The van der Waals surface area contributed by atoms with Crippen LogP contribution in [0.25, 0.3) is 0 Å². The first-order chi connectivity index (χ1) is 25.7. The minimum atomic E-state index is -1.00. The zero-order chi connectivity index (χ0) is 38.4. The standard InChI is InChI=1S/C49H52O3P2/c1-47(2,3)33-29-41-45(43(31-33)53(37-17-13-11-14-18-37)39-25-21-35(50-9)22-26-39)52-46-42(49(41,7)8)30-34(48(4,5)6)32-44(46)54(38-19-15-12-16-20-38)40-27-23-36(51-10)24-28-40/h11-32H,1-10H3/t53-,54-/m0/s1. The van der Waals surface area contributed by atoms with Gasteiger partial charge in [-0.05, 0) is 95.4 Å². The lowest BCUT2D eigenvalue weighted by molar-refractivity contribution is 0.415. The molecule has 6 aromatic carbocycles. The topological polar surface area (TPSA) is 27.7 Å². The second kappa shape index (κ2) is 14.7. The SMILES string of the molecule is COc1ccc([P@](c2ccccc2)c2cc(C(C)(C)C)cc3c2Oc2c([P@@](c4ccccc4)c4ccc(OC)cc4)cc(C(C)(C)C)cc2C3(C)C)cc1. The van der Waals surface area contributed by atoms with Crippen LogP contribution in [0.4, 0.5) is 0 Å². The molecule has 0 radical (unpaired) electrons. The molecule has 54 heavy (non-hydrogen) atoms. The molecule has 0 aromatic heterocycles. The summed E-state index contributed by atoms with van der Waals surface area (Å²) < 4.78 is 18.9. The van der Waals surface area contributed by atoms with Crippen molar-refractivity contribution in [3.05, 3.63) is 156 Å². The average Bonchev–Trinajstić information content (AvgIpc) is 3.16. The van der Waals surface area contributed by atoms with E-state index in [-0.39, 0.29) is 16.2 Å². The molecule has 6 aromatic rings. The van der Waals surface area contributed by atoms with Gasteiger partial charge in [-0.15, -0.1) is 0 Å². The third-order valence-electron chi connectivity index (χ3n) is 10.6. The van der Waals surface area contributed by atoms with Gasteiger partial charge in [0.1, 0.15) is 23.0 Å². The van der Waals surface area contributed by atoms with Gasteiger partial charge in [0, 0.05) is 27.2 Å². The lowest BCUT2D eigenvalue weighted by Gasteiger charge is -2.41. The molecule has 5 heteroatoms. The normalized spacial score (nSPS) is 14.6. The Morgan fingerprint density at radius 1 is 0.463 bits per heavy atom. The van der Waals surface area contributed by atoms with E-state index < -0.39 is 15.8 Å². The van der Waals surface area contributed by atoms with Crippen LogP contribution in [0.3, 0.4) is 0 Å². The van der Waals surface area contributed by atoms with Gasteiger partial charge in [-0.25, -0.2) is 0 Å². The zero-order valence-corrected chi connectivity index (χ0v) is 35.1. The highest BCUT2D eigenvalue weighted by atomic mass is 31.1. The van der Waals surface area contributed by atoms with Crippen LogP contribution in [0.1, 0.15) is 77.6 Å². The summed E-state index contributed by atoms with van der Waals surface area (Å²) in [5.41, 5.74) is 4.58.